The Hall–Kier alpha value is -2.41. The van der Waals surface area contributed by atoms with E-state index < -0.39 is 0 Å². The van der Waals surface area contributed by atoms with Crippen LogP contribution < -0.4 is 15.5 Å². The maximum absolute atomic E-state index is 12.4. The van der Waals surface area contributed by atoms with Gasteiger partial charge in [0.25, 0.3) is 0 Å². The first-order valence-electron chi connectivity index (χ1n) is 12.6. The maximum atomic E-state index is 12.4. The summed E-state index contributed by atoms with van der Waals surface area (Å²) in [6.07, 6.45) is 5.98. The van der Waals surface area contributed by atoms with Crippen LogP contribution in [0.2, 0.25) is 0 Å². The summed E-state index contributed by atoms with van der Waals surface area (Å²) in [4.78, 5) is 26.5. The highest BCUT2D eigenvalue weighted by atomic mass is 16.2. The number of carbonyl (C=O) groups excluding carboxylic acids is 2. The number of nitrogens with zero attached hydrogens (tertiary/aromatic N) is 3. The summed E-state index contributed by atoms with van der Waals surface area (Å²) in [5.41, 5.74) is 3.46. The summed E-state index contributed by atoms with van der Waals surface area (Å²) >= 11 is 0. The number of benzene rings is 1. The number of anilines is 1. The van der Waals surface area contributed by atoms with Gasteiger partial charge in [-0.05, 0) is 80.6 Å². The van der Waals surface area contributed by atoms with Crippen molar-refractivity contribution >= 4 is 28.4 Å². The predicted molar refractivity (Wildman–Crippen MR) is 130 cm³/mol. The Morgan fingerprint density at radius 2 is 1.70 bits per heavy atom. The summed E-state index contributed by atoms with van der Waals surface area (Å²) in [6.45, 7) is 9.50. The van der Waals surface area contributed by atoms with E-state index in [9.17, 15) is 9.59 Å². The second kappa shape index (κ2) is 8.75. The Morgan fingerprint density at radius 3 is 2.39 bits per heavy atom. The van der Waals surface area contributed by atoms with E-state index >= 15 is 0 Å². The zero-order valence-electron chi connectivity index (χ0n) is 20.2. The van der Waals surface area contributed by atoms with E-state index in [-0.39, 0.29) is 17.7 Å². The minimum atomic E-state index is -0.356. The number of imide groups is 1. The smallest absolute Gasteiger partial charge is 0.235 e. The molecule has 0 radical (unpaired) electrons. The monoisotopic (exact) mass is 451 g/mol. The van der Waals surface area contributed by atoms with Gasteiger partial charge >= 0.3 is 0 Å². The number of piperidine rings is 3. The maximum Gasteiger partial charge on any atom is 0.235 e. The fourth-order valence-corrected chi connectivity index (χ4v) is 6.46. The van der Waals surface area contributed by atoms with E-state index in [2.05, 4.69) is 47.6 Å². The molecule has 7 nitrogen and oxygen atoms in total. The zero-order valence-corrected chi connectivity index (χ0v) is 20.2. The second-order valence-electron chi connectivity index (χ2n) is 10.8. The molecule has 1 atom stereocenters. The fraction of sp³-hybridized carbons (Fsp3) is 0.654. The number of aromatic nitrogens is 2. The van der Waals surface area contributed by atoms with Crippen molar-refractivity contribution in [2.45, 2.75) is 58.3 Å². The number of aryl methyl sites for hydroxylation is 1. The third-order valence-electron chi connectivity index (χ3n) is 8.74. The third-order valence-corrected chi connectivity index (χ3v) is 8.74. The first-order valence-corrected chi connectivity index (χ1v) is 12.6. The zero-order chi connectivity index (χ0) is 23.2. The van der Waals surface area contributed by atoms with E-state index in [1.54, 1.807) is 0 Å². The Labute approximate surface area is 196 Å². The van der Waals surface area contributed by atoms with Crippen molar-refractivity contribution < 1.29 is 9.59 Å². The van der Waals surface area contributed by atoms with Gasteiger partial charge in [-0.3, -0.25) is 19.6 Å². The van der Waals surface area contributed by atoms with E-state index in [1.165, 1.54) is 44.5 Å². The SMILES string of the molecule is Cn1nc(C2CCC(=O)NC2=O)c2ccc(N3CCC(C(C)(C)C4CCNCC4)CC3)cc21. The number of fused-ring (bicyclic) bond motifs is 1. The first kappa shape index (κ1) is 22.4. The topological polar surface area (TPSA) is 79.3 Å². The standard InChI is InChI=1S/C26H37N5O2/c1-26(2,17-8-12-27-13-9-17)18-10-14-31(15-11-18)19-4-5-20-22(16-19)30(3)29-24(20)21-6-7-23(32)28-25(21)33/h4-5,16-18,21,27H,6-15H2,1-3H3,(H,28,32,33). The molecule has 2 aromatic rings. The minimum Gasteiger partial charge on any atom is -0.371 e. The van der Waals surface area contributed by atoms with Crippen molar-refractivity contribution in [3.8, 4) is 0 Å². The van der Waals surface area contributed by atoms with Crippen LogP contribution in [0.1, 0.15) is 64.0 Å². The molecule has 3 saturated heterocycles. The molecule has 0 bridgehead atoms. The van der Waals surface area contributed by atoms with Gasteiger partial charge in [-0.15, -0.1) is 0 Å². The molecule has 1 aromatic carbocycles. The van der Waals surface area contributed by atoms with Crippen LogP contribution in [0.3, 0.4) is 0 Å². The minimum absolute atomic E-state index is 0.189. The molecule has 1 unspecified atom stereocenters. The first-order chi connectivity index (χ1) is 15.8. The quantitative estimate of drug-likeness (QED) is 0.697. The number of amides is 2. The van der Waals surface area contributed by atoms with Crippen LogP contribution in [-0.4, -0.2) is 47.8 Å². The van der Waals surface area contributed by atoms with Crippen LogP contribution >= 0.6 is 0 Å². The summed E-state index contributed by atoms with van der Waals surface area (Å²) in [7, 11) is 1.94. The molecule has 7 heteroatoms. The van der Waals surface area contributed by atoms with Gasteiger partial charge in [0, 0.05) is 37.6 Å². The van der Waals surface area contributed by atoms with Gasteiger partial charge in [0.05, 0.1) is 17.1 Å². The molecular formula is C26H37N5O2. The van der Waals surface area contributed by atoms with E-state index in [0.29, 0.717) is 18.3 Å². The number of hydrogen-bond acceptors (Lipinski definition) is 5. The van der Waals surface area contributed by atoms with Gasteiger partial charge in [-0.25, -0.2) is 0 Å². The van der Waals surface area contributed by atoms with Crippen LogP contribution in [0.5, 0.6) is 0 Å². The molecule has 3 aliphatic heterocycles. The Bertz CT molecular complexity index is 1040. The Kier molecular flexibility index (Phi) is 5.93. The fourth-order valence-electron chi connectivity index (χ4n) is 6.46. The molecule has 0 aliphatic carbocycles. The lowest BCUT2D eigenvalue weighted by Gasteiger charge is -2.47. The molecule has 3 aliphatic rings. The van der Waals surface area contributed by atoms with Crippen LogP contribution in [0.4, 0.5) is 5.69 Å². The lowest BCUT2D eigenvalue weighted by Crippen LogP contribution is -2.44. The molecule has 2 N–H and O–H groups in total. The van der Waals surface area contributed by atoms with Crippen LogP contribution in [0.15, 0.2) is 18.2 Å². The normalized spacial score (nSPS) is 23.8. The molecule has 178 valence electrons. The molecular weight excluding hydrogens is 414 g/mol. The molecule has 4 heterocycles. The molecule has 1 aromatic heterocycles. The van der Waals surface area contributed by atoms with Gasteiger partial charge < -0.3 is 10.2 Å². The van der Waals surface area contributed by atoms with E-state index in [0.717, 1.165) is 41.5 Å². The molecule has 0 saturated carbocycles. The molecule has 5 rings (SSSR count). The van der Waals surface area contributed by atoms with Crippen molar-refractivity contribution in [3.05, 3.63) is 23.9 Å². The van der Waals surface area contributed by atoms with E-state index in [4.69, 9.17) is 5.10 Å². The van der Waals surface area contributed by atoms with Crippen molar-refractivity contribution in [3.63, 3.8) is 0 Å². The Morgan fingerprint density at radius 1 is 1.00 bits per heavy atom. The van der Waals surface area contributed by atoms with Crippen LogP contribution in [0.25, 0.3) is 10.9 Å². The van der Waals surface area contributed by atoms with Gasteiger partial charge in [-0.1, -0.05) is 13.8 Å². The lowest BCUT2D eigenvalue weighted by atomic mass is 9.63. The van der Waals surface area contributed by atoms with E-state index in [1.807, 2.05) is 11.7 Å². The average molecular weight is 452 g/mol. The summed E-state index contributed by atoms with van der Waals surface area (Å²) in [6, 6.07) is 6.51. The lowest BCUT2D eigenvalue weighted by molar-refractivity contribution is -0.134. The number of rotatable bonds is 4. The predicted octanol–water partition coefficient (Wildman–Crippen LogP) is 3.34. The van der Waals surface area contributed by atoms with Gasteiger partial charge in [-0.2, -0.15) is 5.10 Å². The molecule has 3 fully saturated rings. The van der Waals surface area contributed by atoms with Crippen LogP contribution in [0, 0.1) is 17.3 Å². The highest BCUT2D eigenvalue weighted by molar-refractivity contribution is 6.02. The molecule has 33 heavy (non-hydrogen) atoms. The molecule has 2 amide bonds. The summed E-state index contributed by atoms with van der Waals surface area (Å²) in [5.74, 6) is 0.827. The average Bonchev–Trinajstić information content (AvgIpc) is 3.15. The van der Waals surface area contributed by atoms with Gasteiger partial charge in [0.2, 0.25) is 11.8 Å². The van der Waals surface area contributed by atoms with Crippen molar-refractivity contribution in [1.29, 1.82) is 0 Å². The van der Waals surface area contributed by atoms with Crippen molar-refractivity contribution in [1.82, 2.24) is 20.4 Å². The highest BCUT2D eigenvalue weighted by Gasteiger charge is 2.39. The second-order valence-corrected chi connectivity index (χ2v) is 10.8. The summed E-state index contributed by atoms with van der Waals surface area (Å²) < 4.78 is 1.88. The van der Waals surface area contributed by atoms with Crippen molar-refractivity contribution in [2.75, 3.05) is 31.1 Å². The number of nitrogens with one attached hydrogen (secondary N) is 2. The highest BCUT2D eigenvalue weighted by Crippen LogP contribution is 2.45. The number of carbonyl (C=O) groups is 2. The summed E-state index contributed by atoms with van der Waals surface area (Å²) in [5, 5.41) is 11.7. The largest absolute Gasteiger partial charge is 0.371 e. The van der Waals surface area contributed by atoms with Crippen LogP contribution in [-0.2, 0) is 16.6 Å². The molecule has 0 spiro atoms. The third kappa shape index (κ3) is 4.16. The Balaban J connectivity index is 1.31. The number of hydrogen-bond donors (Lipinski definition) is 2. The van der Waals surface area contributed by atoms with Crippen molar-refractivity contribution in [2.24, 2.45) is 24.3 Å². The van der Waals surface area contributed by atoms with Gasteiger partial charge in [0.1, 0.15) is 0 Å². The van der Waals surface area contributed by atoms with Gasteiger partial charge in [0.15, 0.2) is 0 Å².